The van der Waals surface area contributed by atoms with Crippen LogP contribution in [0.5, 0.6) is 0 Å². The van der Waals surface area contributed by atoms with Gasteiger partial charge in [-0.25, -0.2) is 18.0 Å². The van der Waals surface area contributed by atoms with Gasteiger partial charge in [-0.3, -0.25) is 4.90 Å². The maximum atomic E-state index is 12.9. The van der Waals surface area contributed by atoms with Gasteiger partial charge in [-0.15, -0.1) is 0 Å². The topological polar surface area (TPSA) is 93.2 Å². The van der Waals surface area contributed by atoms with Crippen LogP contribution >= 0.6 is 0 Å². The average Bonchev–Trinajstić information content (AvgIpc) is 2.84. The molecule has 0 aromatic heterocycles. The van der Waals surface area contributed by atoms with Crippen molar-refractivity contribution in [3.8, 4) is 0 Å². The van der Waals surface area contributed by atoms with Gasteiger partial charge in [-0.2, -0.15) is 0 Å². The van der Waals surface area contributed by atoms with Crippen LogP contribution in [0, 0.1) is 0 Å². The number of ether oxygens (including phenoxy) is 2. The van der Waals surface area contributed by atoms with Crippen molar-refractivity contribution in [3.05, 3.63) is 35.9 Å². The Kier molecular flexibility index (Phi) is 6.04. The van der Waals surface area contributed by atoms with Crippen LogP contribution in [0.25, 0.3) is 0 Å². The summed E-state index contributed by atoms with van der Waals surface area (Å²) in [4.78, 5) is 28.7. The van der Waals surface area contributed by atoms with Crippen LogP contribution < -0.4 is 0 Å². The fourth-order valence-electron chi connectivity index (χ4n) is 4.35. The van der Waals surface area contributed by atoms with Crippen LogP contribution in [0.15, 0.2) is 30.3 Å². The number of nitrogens with zero attached hydrogens (tertiary/aromatic N) is 2. The number of likely N-dealkylation sites (tertiary alicyclic amines) is 1. The maximum absolute atomic E-state index is 12.9. The lowest BCUT2D eigenvalue weighted by Gasteiger charge is -2.48. The number of amides is 2. The Balaban J connectivity index is 1.79. The zero-order valence-electron chi connectivity index (χ0n) is 18.0. The van der Waals surface area contributed by atoms with Crippen molar-refractivity contribution in [2.24, 2.45) is 0 Å². The van der Waals surface area contributed by atoms with Gasteiger partial charge in [-0.05, 0) is 39.2 Å². The molecule has 2 atom stereocenters. The molecule has 2 saturated heterocycles. The van der Waals surface area contributed by atoms with E-state index in [9.17, 15) is 18.0 Å². The fraction of sp³-hybridized carbons (Fsp3) is 0.619. The van der Waals surface area contributed by atoms with Crippen molar-refractivity contribution in [1.82, 2.24) is 9.80 Å². The molecule has 2 fully saturated rings. The molecule has 1 aromatic rings. The molecule has 2 aliphatic rings. The normalized spacial score (nSPS) is 23.9. The maximum Gasteiger partial charge on any atom is 0.411 e. The van der Waals surface area contributed by atoms with Crippen molar-refractivity contribution < 1.29 is 27.5 Å². The number of rotatable bonds is 4. The third-order valence-corrected chi connectivity index (χ3v) is 6.38. The number of sulfone groups is 1. The first-order chi connectivity index (χ1) is 13.9. The molecular weight excluding hydrogens is 408 g/mol. The van der Waals surface area contributed by atoms with Crippen LogP contribution in [-0.4, -0.2) is 72.7 Å². The van der Waals surface area contributed by atoms with Crippen LogP contribution in [0.2, 0.25) is 0 Å². The van der Waals surface area contributed by atoms with E-state index >= 15 is 0 Å². The molecule has 166 valence electrons. The summed E-state index contributed by atoms with van der Waals surface area (Å²) in [6.07, 6.45) is 1.21. The molecule has 9 heteroatoms. The molecule has 2 heterocycles. The predicted molar refractivity (Wildman–Crippen MR) is 112 cm³/mol. The standard InChI is InChI=1S/C21H30N2O6S/c1-20(2,3)29-19(25)23-17-10-11-21(23,15-30(4,26)27)14-22(12-17)18(24)28-13-16-8-6-5-7-9-16/h5-9,17H,10-15H2,1-4H3/t17-,21+/m0/s1. The van der Waals surface area contributed by atoms with E-state index in [4.69, 9.17) is 9.47 Å². The Labute approximate surface area is 178 Å². The van der Waals surface area contributed by atoms with Gasteiger partial charge in [0, 0.05) is 19.3 Å². The molecule has 2 aliphatic heterocycles. The second-order valence-electron chi connectivity index (χ2n) is 9.26. The monoisotopic (exact) mass is 438 g/mol. The highest BCUT2D eigenvalue weighted by Crippen LogP contribution is 2.41. The number of hydrogen-bond donors (Lipinski definition) is 0. The molecule has 3 rings (SSSR count). The van der Waals surface area contributed by atoms with Gasteiger partial charge in [0.15, 0.2) is 0 Å². The van der Waals surface area contributed by atoms with Gasteiger partial charge in [0.25, 0.3) is 0 Å². The van der Waals surface area contributed by atoms with Crippen LogP contribution in [0.1, 0.15) is 39.2 Å². The summed E-state index contributed by atoms with van der Waals surface area (Å²) >= 11 is 0. The molecular formula is C21H30N2O6S. The Hall–Kier alpha value is -2.29. The number of fused-ring (bicyclic) bond motifs is 2. The van der Waals surface area contributed by atoms with Crippen LogP contribution in [0.4, 0.5) is 9.59 Å². The number of carbonyl (C=O) groups excluding carboxylic acids is 2. The molecule has 0 unspecified atom stereocenters. The Morgan fingerprint density at radius 2 is 1.83 bits per heavy atom. The van der Waals surface area contributed by atoms with Crippen LogP contribution in [0.3, 0.4) is 0 Å². The Morgan fingerprint density at radius 3 is 2.43 bits per heavy atom. The minimum absolute atomic E-state index is 0.101. The first kappa shape index (κ1) is 22.4. The lowest BCUT2D eigenvalue weighted by atomic mass is 9.98. The largest absolute Gasteiger partial charge is 0.445 e. The van der Waals surface area contributed by atoms with Gasteiger partial charge in [-0.1, -0.05) is 30.3 Å². The van der Waals surface area contributed by atoms with Gasteiger partial charge in [0.1, 0.15) is 22.0 Å². The number of benzene rings is 1. The van der Waals surface area contributed by atoms with Crippen molar-refractivity contribution in [3.63, 3.8) is 0 Å². The van der Waals surface area contributed by atoms with Crippen molar-refractivity contribution in [2.75, 3.05) is 25.1 Å². The van der Waals surface area contributed by atoms with E-state index in [0.29, 0.717) is 19.4 Å². The summed E-state index contributed by atoms with van der Waals surface area (Å²) in [7, 11) is -3.41. The van der Waals surface area contributed by atoms with Gasteiger partial charge >= 0.3 is 12.2 Å². The average molecular weight is 439 g/mol. The molecule has 0 aliphatic carbocycles. The first-order valence-electron chi connectivity index (χ1n) is 10.0. The highest BCUT2D eigenvalue weighted by atomic mass is 32.2. The second-order valence-corrected chi connectivity index (χ2v) is 11.4. The fourth-order valence-corrected chi connectivity index (χ4v) is 5.70. The second kappa shape index (κ2) is 8.09. The summed E-state index contributed by atoms with van der Waals surface area (Å²) < 4.78 is 35.4. The molecule has 2 bridgehead atoms. The summed E-state index contributed by atoms with van der Waals surface area (Å²) in [6, 6.07) is 9.03. The van der Waals surface area contributed by atoms with Gasteiger partial charge in [0.05, 0.1) is 17.3 Å². The molecule has 0 N–H and O–H groups in total. The van der Waals surface area contributed by atoms with E-state index < -0.39 is 33.2 Å². The molecule has 30 heavy (non-hydrogen) atoms. The Bertz CT molecular complexity index is 896. The number of carbonyl (C=O) groups is 2. The molecule has 0 radical (unpaired) electrons. The zero-order valence-corrected chi connectivity index (χ0v) is 18.8. The van der Waals surface area contributed by atoms with E-state index in [0.717, 1.165) is 11.8 Å². The molecule has 1 aromatic carbocycles. The zero-order chi connectivity index (χ0) is 22.2. The minimum atomic E-state index is -3.41. The lowest BCUT2D eigenvalue weighted by molar-refractivity contribution is -0.0274. The highest BCUT2D eigenvalue weighted by Gasteiger charge is 2.57. The van der Waals surface area contributed by atoms with E-state index in [1.54, 1.807) is 25.7 Å². The van der Waals surface area contributed by atoms with E-state index in [1.807, 2.05) is 30.3 Å². The quantitative estimate of drug-likeness (QED) is 0.718. The van der Waals surface area contributed by atoms with E-state index in [1.165, 1.54) is 4.90 Å². The van der Waals surface area contributed by atoms with Crippen molar-refractivity contribution >= 4 is 22.0 Å². The molecule has 0 spiro atoms. The summed E-state index contributed by atoms with van der Waals surface area (Å²) in [5, 5.41) is 0. The molecule has 8 nitrogen and oxygen atoms in total. The van der Waals surface area contributed by atoms with Crippen molar-refractivity contribution in [1.29, 1.82) is 0 Å². The third-order valence-electron chi connectivity index (χ3n) is 5.32. The highest BCUT2D eigenvalue weighted by molar-refractivity contribution is 7.90. The SMILES string of the molecule is CC(C)(C)OC(=O)N1[C@H]2CC[C@]1(CS(C)(=O)=O)CN(C(=O)OCc1ccccc1)C2. The van der Waals surface area contributed by atoms with E-state index in [-0.39, 0.29) is 24.9 Å². The predicted octanol–water partition coefficient (Wildman–Crippen LogP) is 2.82. The van der Waals surface area contributed by atoms with E-state index in [2.05, 4.69) is 0 Å². The Morgan fingerprint density at radius 1 is 1.17 bits per heavy atom. The molecule has 2 amide bonds. The number of hydrogen-bond acceptors (Lipinski definition) is 6. The summed E-state index contributed by atoms with van der Waals surface area (Å²) in [5.74, 6) is -0.224. The third kappa shape index (κ3) is 5.24. The summed E-state index contributed by atoms with van der Waals surface area (Å²) in [6.45, 7) is 5.84. The minimum Gasteiger partial charge on any atom is -0.445 e. The van der Waals surface area contributed by atoms with Crippen LogP contribution in [-0.2, 0) is 25.9 Å². The smallest absolute Gasteiger partial charge is 0.411 e. The molecule has 0 saturated carbocycles. The van der Waals surface area contributed by atoms with Gasteiger partial charge in [0.2, 0.25) is 0 Å². The van der Waals surface area contributed by atoms with Gasteiger partial charge < -0.3 is 14.4 Å². The first-order valence-corrected chi connectivity index (χ1v) is 12.1. The summed E-state index contributed by atoms with van der Waals surface area (Å²) in [5.41, 5.74) is -0.842. The lowest BCUT2D eigenvalue weighted by Crippen LogP contribution is -2.67. The van der Waals surface area contributed by atoms with Crippen molar-refractivity contribution in [2.45, 2.75) is 57.4 Å². The number of piperazine rings is 1.